The van der Waals surface area contributed by atoms with Crippen molar-refractivity contribution >= 4 is 15.7 Å². The topological polar surface area (TPSA) is 119 Å². The largest absolute Gasteiger partial charge is 0.490 e. The van der Waals surface area contributed by atoms with Gasteiger partial charge in [-0.05, 0) is 32.9 Å². The molecule has 1 aromatic rings. The maximum Gasteiger partial charge on any atom is 0.312 e. The lowest BCUT2D eigenvalue weighted by atomic mass is 10.0. The molecule has 0 heterocycles. The van der Waals surface area contributed by atoms with E-state index in [1.807, 2.05) is 0 Å². The number of sulfonamides is 1. The highest BCUT2D eigenvalue weighted by Gasteiger charge is 2.31. The molecule has 0 fully saturated rings. The van der Waals surface area contributed by atoms with Crippen LogP contribution >= 0.6 is 0 Å². The van der Waals surface area contributed by atoms with Crippen molar-refractivity contribution in [2.45, 2.75) is 37.3 Å². The Kier molecular flexibility index (Phi) is 4.92. The van der Waals surface area contributed by atoms with Crippen molar-refractivity contribution in [2.24, 2.45) is 0 Å². The van der Waals surface area contributed by atoms with E-state index in [2.05, 4.69) is 4.72 Å². The summed E-state index contributed by atoms with van der Waals surface area (Å²) in [6.45, 7) is 4.46. The van der Waals surface area contributed by atoms with Gasteiger partial charge in [0, 0.05) is 6.07 Å². The number of methoxy groups -OCH3 is 1. The summed E-state index contributed by atoms with van der Waals surface area (Å²) >= 11 is 0. The number of nitro groups is 1. The molecule has 0 saturated heterocycles. The van der Waals surface area contributed by atoms with Gasteiger partial charge >= 0.3 is 5.69 Å². The first kappa shape index (κ1) is 17.3. The summed E-state index contributed by atoms with van der Waals surface area (Å²) in [5.41, 5.74) is -1.57. The van der Waals surface area contributed by atoms with Crippen LogP contribution in [0.2, 0.25) is 0 Å². The lowest BCUT2D eigenvalue weighted by molar-refractivity contribution is -0.386. The first-order valence-corrected chi connectivity index (χ1v) is 7.54. The molecule has 118 valence electrons. The highest BCUT2D eigenvalue weighted by molar-refractivity contribution is 7.89. The predicted molar refractivity (Wildman–Crippen MR) is 75.7 cm³/mol. The Labute approximate surface area is 122 Å². The predicted octanol–water partition coefficient (Wildman–Crippen LogP) is 1.04. The van der Waals surface area contributed by atoms with Gasteiger partial charge in [-0.25, -0.2) is 13.1 Å². The summed E-state index contributed by atoms with van der Waals surface area (Å²) < 4.78 is 31.6. The van der Waals surface area contributed by atoms with Gasteiger partial charge in [-0.2, -0.15) is 0 Å². The Bertz CT molecular complexity index is 639. The summed E-state index contributed by atoms with van der Waals surface area (Å²) in [7, 11) is -2.76. The van der Waals surface area contributed by atoms with E-state index in [0.717, 1.165) is 6.07 Å². The van der Waals surface area contributed by atoms with Crippen molar-refractivity contribution < 1.29 is 23.2 Å². The standard InChI is InChI=1S/C12H18N2O6S/c1-8(15)12(2,3)13-21(18,19)9-5-6-11(20-4)10(7-9)14(16)17/h5-8,13,15H,1-4H3. The fourth-order valence-corrected chi connectivity index (χ4v) is 2.97. The van der Waals surface area contributed by atoms with E-state index in [0.29, 0.717) is 0 Å². The van der Waals surface area contributed by atoms with Gasteiger partial charge in [0.25, 0.3) is 0 Å². The van der Waals surface area contributed by atoms with Crippen molar-refractivity contribution in [2.75, 3.05) is 7.11 Å². The van der Waals surface area contributed by atoms with E-state index in [1.54, 1.807) is 0 Å². The zero-order chi connectivity index (χ0) is 16.4. The zero-order valence-electron chi connectivity index (χ0n) is 12.2. The van der Waals surface area contributed by atoms with Gasteiger partial charge < -0.3 is 9.84 Å². The quantitative estimate of drug-likeness (QED) is 0.597. The van der Waals surface area contributed by atoms with Crippen LogP contribution < -0.4 is 9.46 Å². The van der Waals surface area contributed by atoms with Crippen LogP contribution in [-0.4, -0.2) is 37.2 Å². The number of nitro benzene ring substituents is 1. The molecule has 1 unspecified atom stereocenters. The minimum absolute atomic E-state index is 0.0336. The van der Waals surface area contributed by atoms with Gasteiger partial charge in [0.05, 0.1) is 28.6 Å². The van der Waals surface area contributed by atoms with Gasteiger partial charge in [-0.15, -0.1) is 0 Å². The van der Waals surface area contributed by atoms with Crippen LogP contribution in [0.25, 0.3) is 0 Å². The first-order chi connectivity index (χ1) is 9.51. The molecule has 2 N–H and O–H groups in total. The second-order valence-electron chi connectivity index (χ2n) is 5.09. The summed E-state index contributed by atoms with van der Waals surface area (Å²) in [6.07, 6.45) is -0.944. The molecule has 0 aliphatic rings. The van der Waals surface area contributed by atoms with Gasteiger partial charge in [-0.3, -0.25) is 10.1 Å². The molecule has 21 heavy (non-hydrogen) atoms. The number of rotatable bonds is 6. The number of hydrogen-bond donors (Lipinski definition) is 2. The van der Waals surface area contributed by atoms with Gasteiger partial charge in [-0.1, -0.05) is 0 Å². The Balaban J connectivity index is 3.27. The van der Waals surface area contributed by atoms with Crippen molar-refractivity contribution in [3.63, 3.8) is 0 Å². The molecule has 0 spiro atoms. The van der Waals surface area contributed by atoms with Crippen molar-refractivity contribution in [1.29, 1.82) is 0 Å². The highest BCUT2D eigenvalue weighted by Crippen LogP contribution is 2.29. The summed E-state index contributed by atoms with van der Waals surface area (Å²) in [5, 5.41) is 20.5. The third-order valence-corrected chi connectivity index (χ3v) is 4.77. The van der Waals surface area contributed by atoms with E-state index in [1.165, 1.54) is 40.0 Å². The zero-order valence-corrected chi connectivity index (χ0v) is 13.0. The van der Waals surface area contributed by atoms with Crippen LogP contribution in [0.1, 0.15) is 20.8 Å². The molecule has 0 amide bonds. The second kappa shape index (κ2) is 5.96. The first-order valence-electron chi connectivity index (χ1n) is 6.05. The maximum absolute atomic E-state index is 12.2. The minimum atomic E-state index is -4.01. The van der Waals surface area contributed by atoms with E-state index in [4.69, 9.17) is 4.74 Å². The lowest BCUT2D eigenvalue weighted by Crippen LogP contribution is -2.50. The molecule has 0 aliphatic heterocycles. The number of nitrogens with one attached hydrogen (secondary N) is 1. The molecule has 8 nitrogen and oxygen atoms in total. The lowest BCUT2D eigenvalue weighted by Gasteiger charge is -2.28. The molecule has 9 heteroatoms. The smallest absolute Gasteiger partial charge is 0.312 e. The fraction of sp³-hybridized carbons (Fsp3) is 0.500. The molecule has 0 aliphatic carbocycles. The molecule has 1 atom stereocenters. The number of aliphatic hydroxyl groups excluding tert-OH is 1. The summed E-state index contributed by atoms with van der Waals surface area (Å²) in [6, 6.07) is 3.33. The Morgan fingerprint density at radius 1 is 1.43 bits per heavy atom. The third kappa shape index (κ3) is 3.90. The molecule has 0 aromatic heterocycles. The molecule has 0 radical (unpaired) electrons. The van der Waals surface area contributed by atoms with E-state index in [-0.39, 0.29) is 10.6 Å². The van der Waals surface area contributed by atoms with Crippen LogP contribution in [0, 0.1) is 10.1 Å². The van der Waals surface area contributed by atoms with Crippen LogP contribution in [0.5, 0.6) is 5.75 Å². The van der Waals surface area contributed by atoms with Gasteiger partial charge in [0.15, 0.2) is 5.75 Å². The van der Waals surface area contributed by atoms with Gasteiger partial charge in [0.2, 0.25) is 10.0 Å². The number of ether oxygens (including phenoxy) is 1. The van der Waals surface area contributed by atoms with E-state index in [9.17, 15) is 23.6 Å². The Morgan fingerprint density at radius 3 is 2.43 bits per heavy atom. The van der Waals surface area contributed by atoms with E-state index >= 15 is 0 Å². The van der Waals surface area contributed by atoms with Crippen LogP contribution in [0.3, 0.4) is 0 Å². The SMILES string of the molecule is COc1ccc(S(=O)(=O)NC(C)(C)C(C)O)cc1[N+](=O)[O-]. The van der Waals surface area contributed by atoms with Crippen molar-refractivity contribution in [3.05, 3.63) is 28.3 Å². The van der Waals surface area contributed by atoms with Crippen LogP contribution in [0.15, 0.2) is 23.1 Å². The number of aliphatic hydroxyl groups is 1. The fourth-order valence-electron chi connectivity index (χ4n) is 1.47. The van der Waals surface area contributed by atoms with Crippen molar-refractivity contribution in [1.82, 2.24) is 4.72 Å². The number of nitrogens with zero attached hydrogens (tertiary/aromatic N) is 1. The molecule has 1 rings (SSSR count). The molecular formula is C12H18N2O6S. The maximum atomic E-state index is 12.2. The molecular weight excluding hydrogens is 300 g/mol. The summed E-state index contributed by atoms with van der Waals surface area (Å²) in [4.78, 5) is 9.92. The van der Waals surface area contributed by atoms with E-state index < -0.39 is 32.3 Å². The second-order valence-corrected chi connectivity index (χ2v) is 6.78. The summed E-state index contributed by atoms with van der Waals surface area (Å²) in [5.74, 6) is -0.0336. The minimum Gasteiger partial charge on any atom is -0.490 e. The molecule has 1 aromatic carbocycles. The van der Waals surface area contributed by atoms with Crippen LogP contribution in [-0.2, 0) is 10.0 Å². The van der Waals surface area contributed by atoms with Crippen LogP contribution in [0.4, 0.5) is 5.69 Å². The Morgan fingerprint density at radius 2 is 2.00 bits per heavy atom. The highest BCUT2D eigenvalue weighted by atomic mass is 32.2. The normalized spacial score (nSPS) is 13.8. The monoisotopic (exact) mass is 318 g/mol. The molecule has 0 bridgehead atoms. The van der Waals surface area contributed by atoms with Gasteiger partial charge in [0.1, 0.15) is 0 Å². The van der Waals surface area contributed by atoms with Crippen molar-refractivity contribution in [3.8, 4) is 5.75 Å². The number of hydrogen-bond acceptors (Lipinski definition) is 6. The molecule has 0 saturated carbocycles. The number of benzene rings is 1. The average Bonchev–Trinajstić information content (AvgIpc) is 2.36. The average molecular weight is 318 g/mol. The third-order valence-electron chi connectivity index (χ3n) is 3.10. The Hall–Kier alpha value is -1.71.